The number of amides is 1. The summed E-state index contributed by atoms with van der Waals surface area (Å²) < 4.78 is 6.00. The Morgan fingerprint density at radius 3 is 2.93 bits per heavy atom. The van der Waals surface area contributed by atoms with Crippen LogP contribution in [0.25, 0.3) is 6.08 Å². The zero-order valence-electron chi connectivity index (χ0n) is 8.42. The van der Waals surface area contributed by atoms with Crippen LogP contribution in [0.3, 0.4) is 0 Å². The molecular formula is C11H12BrNO2. The van der Waals surface area contributed by atoms with Crippen LogP contribution in [0.2, 0.25) is 0 Å². The molecule has 1 rings (SSSR count). The molecule has 0 aliphatic carbocycles. The summed E-state index contributed by atoms with van der Waals surface area (Å²) in [5.74, 6) is 1.31. The third-order valence-electron chi connectivity index (χ3n) is 1.61. The minimum Gasteiger partial charge on any atom is -0.462 e. The van der Waals surface area contributed by atoms with Crippen molar-refractivity contribution in [2.75, 3.05) is 6.54 Å². The maximum atomic E-state index is 11.2. The Labute approximate surface area is 97.0 Å². The highest BCUT2D eigenvalue weighted by molar-refractivity contribution is 9.11. The predicted molar refractivity (Wildman–Crippen MR) is 63.6 cm³/mol. The maximum Gasteiger partial charge on any atom is 0.244 e. The van der Waals surface area contributed by atoms with E-state index in [1.54, 1.807) is 6.08 Å². The van der Waals surface area contributed by atoms with Gasteiger partial charge in [0.1, 0.15) is 11.5 Å². The molecule has 0 saturated carbocycles. The summed E-state index contributed by atoms with van der Waals surface area (Å²) >= 11 is 3.15. The summed E-state index contributed by atoms with van der Waals surface area (Å²) in [5, 5.41) is 2.65. The SMILES string of the molecule is C=C(Br)CNC(=O)/C=C/c1ccc(C)o1. The Bertz CT molecular complexity index is 393. The molecule has 80 valence electrons. The molecule has 0 bridgehead atoms. The van der Waals surface area contributed by atoms with E-state index in [1.807, 2.05) is 19.1 Å². The number of furan rings is 1. The molecule has 0 aliphatic rings. The van der Waals surface area contributed by atoms with E-state index in [0.717, 1.165) is 10.2 Å². The molecule has 1 amide bonds. The number of halogens is 1. The summed E-state index contributed by atoms with van der Waals surface area (Å²) in [6.45, 7) is 5.88. The van der Waals surface area contributed by atoms with Gasteiger partial charge >= 0.3 is 0 Å². The molecule has 0 spiro atoms. The van der Waals surface area contributed by atoms with Crippen molar-refractivity contribution in [2.45, 2.75) is 6.92 Å². The third-order valence-corrected chi connectivity index (χ3v) is 1.89. The molecule has 0 radical (unpaired) electrons. The summed E-state index contributed by atoms with van der Waals surface area (Å²) in [7, 11) is 0. The molecule has 0 unspecified atom stereocenters. The van der Waals surface area contributed by atoms with Crippen molar-refractivity contribution >= 4 is 27.9 Å². The van der Waals surface area contributed by atoms with E-state index in [-0.39, 0.29) is 5.91 Å². The van der Waals surface area contributed by atoms with E-state index in [0.29, 0.717) is 12.3 Å². The van der Waals surface area contributed by atoms with Gasteiger partial charge in [-0.25, -0.2) is 0 Å². The van der Waals surface area contributed by atoms with E-state index in [4.69, 9.17) is 4.42 Å². The lowest BCUT2D eigenvalue weighted by molar-refractivity contribution is -0.116. The summed E-state index contributed by atoms with van der Waals surface area (Å²) in [5.41, 5.74) is 0. The normalized spacial score (nSPS) is 10.5. The van der Waals surface area contributed by atoms with Crippen molar-refractivity contribution in [2.24, 2.45) is 0 Å². The molecule has 15 heavy (non-hydrogen) atoms. The first kappa shape index (κ1) is 11.8. The maximum absolute atomic E-state index is 11.2. The van der Waals surface area contributed by atoms with Crippen LogP contribution in [-0.4, -0.2) is 12.5 Å². The van der Waals surface area contributed by atoms with Crippen LogP contribution in [0, 0.1) is 6.92 Å². The fraction of sp³-hybridized carbons (Fsp3) is 0.182. The number of aryl methyl sites for hydroxylation is 1. The van der Waals surface area contributed by atoms with Crippen molar-refractivity contribution in [1.82, 2.24) is 5.32 Å². The zero-order valence-corrected chi connectivity index (χ0v) is 10.0. The molecule has 3 nitrogen and oxygen atoms in total. The summed E-state index contributed by atoms with van der Waals surface area (Å²) in [4.78, 5) is 11.2. The van der Waals surface area contributed by atoms with Crippen LogP contribution in [0.15, 0.2) is 33.7 Å². The fourth-order valence-corrected chi connectivity index (χ4v) is 1.08. The van der Waals surface area contributed by atoms with Crippen LogP contribution >= 0.6 is 15.9 Å². The average Bonchev–Trinajstić information content (AvgIpc) is 2.58. The van der Waals surface area contributed by atoms with Gasteiger partial charge in [-0.2, -0.15) is 0 Å². The highest BCUT2D eigenvalue weighted by Gasteiger charge is 1.97. The van der Waals surface area contributed by atoms with E-state index >= 15 is 0 Å². The van der Waals surface area contributed by atoms with E-state index in [1.165, 1.54) is 6.08 Å². The van der Waals surface area contributed by atoms with Crippen LogP contribution in [-0.2, 0) is 4.79 Å². The minimum absolute atomic E-state index is 0.176. The zero-order chi connectivity index (χ0) is 11.3. The van der Waals surface area contributed by atoms with Gasteiger partial charge in [0.25, 0.3) is 0 Å². The minimum atomic E-state index is -0.176. The number of hydrogen-bond donors (Lipinski definition) is 1. The van der Waals surface area contributed by atoms with Gasteiger partial charge < -0.3 is 9.73 Å². The molecule has 1 aromatic rings. The molecule has 0 atom stereocenters. The Hall–Kier alpha value is -1.29. The van der Waals surface area contributed by atoms with Gasteiger partial charge in [-0.05, 0) is 25.1 Å². The molecule has 0 aromatic carbocycles. The number of rotatable bonds is 4. The molecule has 1 N–H and O–H groups in total. The Kier molecular flexibility index (Phi) is 4.37. The summed E-state index contributed by atoms with van der Waals surface area (Å²) in [6.07, 6.45) is 3.05. The van der Waals surface area contributed by atoms with E-state index < -0.39 is 0 Å². The lowest BCUT2D eigenvalue weighted by Gasteiger charge is -1.97. The van der Waals surface area contributed by atoms with Gasteiger partial charge in [0.05, 0.1) is 0 Å². The van der Waals surface area contributed by atoms with Crippen molar-refractivity contribution in [1.29, 1.82) is 0 Å². The molecule has 1 heterocycles. The van der Waals surface area contributed by atoms with Gasteiger partial charge in [-0.15, -0.1) is 0 Å². The number of nitrogens with one attached hydrogen (secondary N) is 1. The number of carbonyl (C=O) groups is 1. The second-order valence-corrected chi connectivity index (χ2v) is 4.14. The molecule has 0 aliphatic heterocycles. The van der Waals surface area contributed by atoms with E-state index in [2.05, 4.69) is 27.8 Å². The lowest BCUT2D eigenvalue weighted by Crippen LogP contribution is -2.21. The first-order chi connectivity index (χ1) is 7.08. The van der Waals surface area contributed by atoms with Crippen molar-refractivity contribution < 1.29 is 9.21 Å². The Balaban J connectivity index is 2.44. The first-order valence-corrected chi connectivity index (χ1v) is 5.23. The van der Waals surface area contributed by atoms with Crippen LogP contribution in [0.4, 0.5) is 0 Å². The Morgan fingerprint density at radius 2 is 2.40 bits per heavy atom. The number of carbonyl (C=O) groups excluding carboxylic acids is 1. The topological polar surface area (TPSA) is 42.2 Å². The molecular weight excluding hydrogens is 258 g/mol. The second-order valence-electron chi connectivity index (χ2n) is 3.02. The average molecular weight is 270 g/mol. The van der Waals surface area contributed by atoms with Crippen LogP contribution < -0.4 is 5.32 Å². The van der Waals surface area contributed by atoms with E-state index in [9.17, 15) is 4.79 Å². The molecule has 1 aromatic heterocycles. The fourth-order valence-electron chi connectivity index (χ4n) is 0.943. The van der Waals surface area contributed by atoms with Crippen LogP contribution in [0.5, 0.6) is 0 Å². The van der Waals surface area contributed by atoms with Crippen molar-refractivity contribution in [3.05, 3.63) is 40.8 Å². The van der Waals surface area contributed by atoms with Gasteiger partial charge in [0.2, 0.25) is 5.91 Å². The largest absolute Gasteiger partial charge is 0.462 e. The number of hydrogen-bond acceptors (Lipinski definition) is 2. The van der Waals surface area contributed by atoms with Gasteiger partial charge in [0.15, 0.2) is 0 Å². The first-order valence-electron chi connectivity index (χ1n) is 4.43. The molecule has 0 fully saturated rings. The van der Waals surface area contributed by atoms with Gasteiger partial charge in [-0.1, -0.05) is 22.5 Å². The second kappa shape index (κ2) is 5.56. The standard InChI is InChI=1S/C11H12BrNO2/c1-8(12)7-13-11(14)6-5-10-4-3-9(2)15-10/h3-6H,1,7H2,2H3,(H,13,14)/b6-5+. The van der Waals surface area contributed by atoms with Gasteiger partial charge in [-0.3, -0.25) is 4.79 Å². The Morgan fingerprint density at radius 1 is 1.67 bits per heavy atom. The van der Waals surface area contributed by atoms with Crippen molar-refractivity contribution in [3.8, 4) is 0 Å². The summed E-state index contributed by atoms with van der Waals surface area (Å²) in [6, 6.07) is 3.65. The lowest BCUT2D eigenvalue weighted by atomic mass is 10.4. The smallest absolute Gasteiger partial charge is 0.244 e. The highest BCUT2D eigenvalue weighted by atomic mass is 79.9. The predicted octanol–water partition coefficient (Wildman–Crippen LogP) is 2.63. The van der Waals surface area contributed by atoms with Gasteiger partial charge in [0, 0.05) is 17.1 Å². The van der Waals surface area contributed by atoms with Crippen molar-refractivity contribution in [3.63, 3.8) is 0 Å². The molecule has 0 saturated heterocycles. The third kappa shape index (κ3) is 4.65. The monoisotopic (exact) mass is 269 g/mol. The quantitative estimate of drug-likeness (QED) is 0.854. The van der Waals surface area contributed by atoms with Crippen LogP contribution in [0.1, 0.15) is 11.5 Å². The molecule has 4 heteroatoms. The highest BCUT2D eigenvalue weighted by Crippen LogP contribution is 2.07.